The van der Waals surface area contributed by atoms with Crippen LogP contribution in [-0.2, 0) is 9.47 Å². The Balaban J connectivity index is 0. The number of likely N-dealkylation sites (N-methyl/N-ethyl adjacent to an activating group) is 1. The minimum absolute atomic E-state index is 0. The van der Waals surface area contributed by atoms with Crippen molar-refractivity contribution in [2.75, 3.05) is 46.4 Å². The van der Waals surface area contributed by atoms with E-state index in [-0.39, 0.29) is 30.1 Å². The Morgan fingerprint density at radius 3 is 2.42 bits per heavy atom. The van der Waals surface area contributed by atoms with E-state index in [0.717, 1.165) is 32.1 Å². The molecule has 0 heterocycles. The van der Waals surface area contributed by atoms with Gasteiger partial charge in [-0.05, 0) is 41.0 Å². The first-order valence-electron chi connectivity index (χ1n) is 8.34. The van der Waals surface area contributed by atoms with Crippen LogP contribution < -0.4 is 10.6 Å². The number of nitrogens with one attached hydrogen (secondary N) is 2. The van der Waals surface area contributed by atoms with Crippen molar-refractivity contribution in [3.63, 3.8) is 0 Å². The highest BCUT2D eigenvalue weighted by molar-refractivity contribution is 14.0. The van der Waals surface area contributed by atoms with E-state index in [2.05, 4.69) is 15.6 Å². The molecule has 0 saturated heterocycles. The van der Waals surface area contributed by atoms with Crippen LogP contribution in [0.1, 0.15) is 41.0 Å². The average molecular weight is 458 g/mol. The number of guanidine groups is 1. The van der Waals surface area contributed by atoms with Crippen molar-refractivity contribution in [3.8, 4) is 0 Å². The summed E-state index contributed by atoms with van der Waals surface area (Å²) in [7, 11) is 1.72. The van der Waals surface area contributed by atoms with Gasteiger partial charge in [0.15, 0.2) is 5.96 Å². The van der Waals surface area contributed by atoms with E-state index in [1.54, 1.807) is 11.9 Å². The van der Waals surface area contributed by atoms with Gasteiger partial charge in [0.2, 0.25) is 0 Å². The topological polar surface area (TPSA) is 75.2 Å². The van der Waals surface area contributed by atoms with Crippen molar-refractivity contribution >= 4 is 36.0 Å². The van der Waals surface area contributed by atoms with E-state index in [1.165, 1.54) is 0 Å². The van der Waals surface area contributed by atoms with Crippen LogP contribution in [0.4, 0.5) is 4.79 Å². The summed E-state index contributed by atoms with van der Waals surface area (Å²) in [5, 5.41) is 6.39. The molecule has 144 valence electrons. The number of amides is 1. The number of hydrogen-bond acceptors (Lipinski definition) is 4. The lowest BCUT2D eigenvalue weighted by Crippen LogP contribution is -2.43. The summed E-state index contributed by atoms with van der Waals surface area (Å²) in [6.07, 6.45) is 0.570. The predicted molar refractivity (Wildman–Crippen MR) is 109 cm³/mol. The van der Waals surface area contributed by atoms with E-state index in [0.29, 0.717) is 19.6 Å². The Morgan fingerprint density at radius 1 is 1.21 bits per heavy atom. The number of aliphatic imine (C=N–C) groups is 1. The minimum atomic E-state index is -0.476. The van der Waals surface area contributed by atoms with Crippen LogP contribution >= 0.6 is 24.0 Å². The van der Waals surface area contributed by atoms with E-state index in [9.17, 15) is 4.79 Å². The first kappa shape index (κ1) is 25.5. The maximum Gasteiger partial charge on any atom is 0.410 e. The first-order valence-corrected chi connectivity index (χ1v) is 8.34. The summed E-state index contributed by atoms with van der Waals surface area (Å²) in [5.41, 5.74) is -0.476. The van der Waals surface area contributed by atoms with E-state index >= 15 is 0 Å². The van der Waals surface area contributed by atoms with Crippen molar-refractivity contribution in [2.45, 2.75) is 46.6 Å². The van der Waals surface area contributed by atoms with E-state index < -0.39 is 5.60 Å². The monoisotopic (exact) mass is 458 g/mol. The molecule has 0 rings (SSSR count). The summed E-state index contributed by atoms with van der Waals surface area (Å²) in [6.45, 7) is 13.7. The predicted octanol–water partition coefficient (Wildman–Crippen LogP) is 2.45. The largest absolute Gasteiger partial charge is 0.444 e. The highest BCUT2D eigenvalue weighted by atomic mass is 127. The summed E-state index contributed by atoms with van der Waals surface area (Å²) in [5.74, 6) is 0.751. The highest BCUT2D eigenvalue weighted by Crippen LogP contribution is 2.08. The first-order chi connectivity index (χ1) is 10.8. The molecule has 0 atom stereocenters. The fraction of sp³-hybridized carbons (Fsp3) is 0.875. The smallest absolute Gasteiger partial charge is 0.410 e. The van der Waals surface area contributed by atoms with Gasteiger partial charge in [-0.3, -0.25) is 4.99 Å². The number of ether oxygens (including phenoxy) is 2. The van der Waals surface area contributed by atoms with Crippen molar-refractivity contribution < 1.29 is 14.3 Å². The minimum Gasteiger partial charge on any atom is -0.444 e. The lowest BCUT2D eigenvalue weighted by molar-refractivity contribution is 0.0302. The Kier molecular flexibility index (Phi) is 15.5. The standard InChI is InChI=1S/C16H34N4O3.HI/c1-7-17-14(18-10-9-13-22-8-2)19-11-12-20(6)15(21)23-16(3,4)5;/h7-13H2,1-6H3,(H2,17,18,19);1H. The molecule has 0 aromatic heterocycles. The number of halogens is 1. The molecule has 2 N–H and O–H groups in total. The van der Waals surface area contributed by atoms with Gasteiger partial charge in [0, 0.05) is 46.4 Å². The normalized spacial score (nSPS) is 11.5. The second-order valence-electron chi connectivity index (χ2n) is 6.14. The lowest BCUT2D eigenvalue weighted by Gasteiger charge is -2.24. The zero-order valence-electron chi connectivity index (χ0n) is 16.0. The van der Waals surface area contributed by atoms with Crippen LogP contribution in [-0.4, -0.2) is 69.0 Å². The van der Waals surface area contributed by atoms with Crippen molar-refractivity contribution in [3.05, 3.63) is 0 Å². The summed E-state index contributed by atoms with van der Waals surface area (Å²) < 4.78 is 10.6. The van der Waals surface area contributed by atoms with Gasteiger partial charge < -0.3 is 25.0 Å². The quantitative estimate of drug-likeness (QED) is 0.240. The zero-order valence-corrected chi connectivity index (χ0v) is 18.3. The number of hydrogen-bond donors (Lipinski definition) is 2. The van der Waals surface area contributed by atoms with Crippen molar-refractivity contribution in [1.82, 2.24) is 15.5 Å². The van der Waals surface area contributed by atoms with Gasteiger partial charge in [0.25, 0.3) is 0 Å². The fourth-order valence-electron chi connectivity index (χ4n) is 1.62. The van der Waals surface area contributed by atoms with Crippen LogP contribution in [0.15, 0.2) is 4.99 Å². The van der Waals surface area contributed by atoms with Crippen LogP contribution in [0.3, 0.4) is 0 Å². The number of nitrogens with zero attached hydrogens (tertiary/aromatic N) is 2. The molecule has 0 aromatic carbocycles. The Labute approximate surface area is 164 Å². The van der Waals surface area contributed by atoms with E-state index in [4.69, 9.17) is 9.47 Å². The van der Waals surface area contributed by atoms with Gasteiger partial charge in [-0.2, -0.15) is 0 Å². The summed E-state index contributed by atoms with van der Waals surface area (Å²) in [4.78, 5) is 17.9. The van der Waals surface area contributed by atoms with Gasteiger partial charge in [0.1, 0.15) is 5.60 Å². The molecule has 7 nitrogen and oxygen atoms in total. The maximum absolute atomic E-state index is 11.8. The summed E-state index contributed by atoms with van der Waals surface area (Å²) in [6, 6.07) is 0. The van der Waals surface area contributed by atoms with Crippen molar-refractivity contribution in [1.29, 1.82) is 0 Å². The Hall–Kier alpha value is -0.770. The SMILES string of the molecule is CCNC(=NCCCOCC)NCCN(C)C(=O)OC(C)(C)C.I. The third-order valence-corrected chi connectivity index (χ3v) is 2.71. The molecule has 0 aromatic rings. The third kappa shape index (κ3) is 14.8. The molecular formula is C16H35IN4O3. The Morgan fingerprint density at radius 2 is 1.88 bits per heavy atom. The van der Waals surface area contributed by atoms with Crippen LogP contribution in [0.5, 0.6) is 0 Å². The molecule has 24 heavy (non-hydrogen) atoms. The number of carbonyl (C=O) groups excluding carboxylic acids is 1. The molecule has 0 aliphatic rings. The average Bonchev–Trinajstić information content (AvgIpc) is 2.45. The highest BCUT2D eigenvalue weighted by Gasteiger charge is 2.19. The van der Waals surface area contributed by atoms with Gasteiger partial charge in [-0.1, -0.05) is 0 Å². The zero-order chi connectivity index (χ0) is 17.7. The van der Waals surface area contributed by atoms with Crippen molar-refractivity contribution in [2.24, 2.45) is 4.99 Å². The summed E-state index contributed by atoms with van der Waals surface area (Å²) >= 11 is 0. The van der Waals surface area contributed by atoms with Gasteiger partial charge >= 0.3 is 6.09 Å². The van der Waals surface area contributed by atoms with E-state index in [1.807, 2.05) is 34.6 Å². The molecule has 8 heteroatoms. The van der Waals surface area contributed by atoms with Crippen LogP contribution in [0, 0.1) is 0 Å². The molecule has 0 spiro atoms. The maximum atomic E-state index is 11.8. The Bertz CT molecular complexity index is 360. The number of rotatable bonds is 9. The molecule has 0 bridgehead atoms. The molecule has 0 saturated carbocycles. The van der Waals surface area contributed by atoms with Gasteiger partial charge in [-0.25, -0.2) is 4.79 Å². The molecule has 0 unspecified atom stereocenters. The second-order valence-corrected chi connectivity index (χ2v) is 6.14. The van der Waals surface area contributed by atoms with Gasteiger partial charge in [0.05, 0.1) is 0 Å². The third-order valence-electron chi connectivity index (χ3n) is 2.71. The van der Waals surface area contributed by atoms with Crippen LogP contribution in [0.25, 0.3) is 0 Å². The molecule has 0 radical (unpaired) electrons. The molecule has 0 fully saturated rings. The molecular weight excluding hydrogens is 423 g/mol. The number of carbonyl (C=O) groups is 1. The fourth-order valence-corrected chi connectivity index (χ4v) is 1.62. The molecule has 1 amide bonds. The van der Waals surface area contributed by atoms with Crippen LogP contribution in [0.2, 0.25) is 0 Å². The molecule has 0 aliphatic carbocycles. The lowest BCUT2D eigenvalue weighted by atomic mass is 10.2. The second kappa shape index (κ2) is 14.6. The molecule has 0 aliphatic heterocycles. The van der Waals surface area contributed by atoms with Gasteiger partial charge in [-0.15, -0.1) is 24.0 Å².